The largest absolute Gasteiger partial charge is 0.338 e. The van der Waals surface area contributed by atoms with Crippen LogP contribution < -0.4 is 0 Å². The molecular formula is C22H13ClF2N4. The van der Waals surface area contributed by atoms with Gasteiger partial charge in [-0.2, -0.15) is 5.10 Å². The fourth-order valence-corrected chi connectivity index (χ4v) is 3.40. The number of rotatable bonds is 3. The van der Waals surface area contributed by atoms with E-state index in [9.17, 15) is 8.78 Å². The minimum atomic E-state index is -0.416. The van der Waals surface area contributed by atoms with Crippen molar-refractivity contribution in [2.45, 2.75) is 0 Å². The third kappa shape index (κ3) is 3.28. The van der Waals surface area contributed by atoms with Crippen molar-refractivity contribution in [3.05, 3.63) is 82.5 Å². The van der Waals surface area contributed by atoms with Gasteiger partial charge >= 0.3 is 0 Å². The van der Waals surface area contributed by atoms with Gasteiger partial charge in [-0.25, -0.2) is 13.8 Å². The first kappa shape index (κ1) is 17.6. The maximum atomic E-state index is 14.7. The van der Waals surface area contributed by atoms with E-state index >= 15 is 0 Å². The van der Waals surface area contributed by atoms with Crippen molar-refractivity contribution in [2.75, 3.05) is 0 Å². The van der Waals surface area contributed by atoms with Gasteiger partial charge in [-0.3, -0.25) is 5.10 Å². The second-order valence-corrected chi connectivity index (χ2v) is 7.05. The van der Waals surface area contributed by atoms with Crippen LogP contribution in [0.15, 0.2) is 54.6 Å². The van der Waals surface area contributed by atoms with Gasteiger partial charge in [0.05, 0.1) is 27.8 Å². The number of benzene rings is 3. The molecule has 0 aliphatic rings. The molecule has 0 fully saturated rings. The summed E-state index contributed by atoms with van der Waals surface area (Å²) in [5.74, 6) is -0.295. The molecule has 0 radical (unpaired) electrons. The molecule has 0 unspecified atom stereocenters. The van der Waals surface area contributed by atoms with E-state index in [1.54, 1.807) is 42.5 Å². The van der Waals surface area contributed by atoms with Gasteiger partial charge in [-0.05, 0) is 48.0 Å². The highest BCUT2D eigenvalue weighted by molar-refractivity contribution is 6.31. The van der Waals surface area contributed by atoms with Gasteiger partial charge in [0.2, 0.25) is 0 Å². The fourth-order valence-electron chi connectivity index (χ4n) is 3.23. The van der Waals surface area contributed by atoms with Crippen molar-refractivity contribution in [1.29, 1.82) is 0 Å². The highest BCUT2D eigenvalue weighted by atomic mass is 35.5. The zero-order valence-electron chi connectivity index (χ0n) is 14.9. The number of imidazole rings is 1. The molecule has 3 aromatic carbocycles. The Morgan fingerprint density at radius 3 is 2.55 bits per heavy atom. The molecule has 2 heterocycles. The Kier molecular flexibility index (Phi) is 4.14. The Balaban J connectivity index is 1.58. The Labute approximate surface area is 168 Å². The second-order valence-electron chi connectivity index (χ2n) is 6.62. The number of hydrogen-bond donors (Lipinski definition) is 2. The van der Waals surface area contributed by atoms with Gasteiger partial charge in [-0.1, -0.05) is 29.8 Å². The SMILES string of the molecule is Fc1ccc(C=Cc2n[nH]c3cc(F)c(-c4nc5ccc(Cl)cc5[nH]4)cc23)cc1. The first-order chi connectivity index (χ1) is 14.1. The predicted molar refractivity (Wildman–Crippen MR) is 111 cm³/mol. The molecule has 0 aliphatic heterocycles. The minimum Gasteiger partial charge on any atom is -0.338 e. The van der Waals surface area contributed by atoms with Crippen molar-refractivity contribution in [3.63, 3.8) is 0 Å². The number of nitrogens with zero attached hydrogens (tertiary/aromatic N) is 2. The fraction of sp³-hybridized carbons (Fsp3) is 0. The molecule has 2 aromatic heterocycles. The van der Waals surface area contributed by atoms with E-state index in [0.29, 0.717) is 33.1 Å². The lowest BCUT2D eigenvalue weighted by Crippen LogP contribution is -1.87. The van der Waals surface area contributed by atoms with Crippen molar-refractivity contribution in [2.24, 2.45) is 0 Å². The number of fused-ring (bicyclic) bond motifs is 2. The van der Waals surface area contributed by atoms with Crippen molar-refractivity contribution >= 4 is 45.7 Å². The van der Waals surface area contributed by atoms with Gasteiger partial charge in [0.1, 0.15) is 17.5 Å². The van der Waals surface area contributed by atoms with E-state index in [1.807, 2.05) is 6.08 Å². The summed E-state index contributed by atoms with van der Waals surface area (Å²) >= 11 is 6.02. The van der Waals surface area contributed by atoms with Crippen LogP contribution in [0.3, 0.4) is 0 Å². The zero-order chi connectivity index (χ0) is 20.0. The summed E-state index contributed by atoms with van der Waals surface area (Å²) in [6.07, 6.45) is 3.62. The Morgan fingerprint density at radius 2 is 1.72 bits per heavy atom. The summed E-state index contributed by atoms with van der Waals surface area (Å²) in [5, 5.41) is 8.42. The molecule has 7 heteroatoms. The lowest BCUT2D eigenvalue weighted by molar-refractivity contribution is 0.627. The lowest BCUT2D eigenvalue weighted by atomic mass is 10.1. The van der Waals surface area contributed by atoms with Gasteiger partial charge < -0.3 is 4.98 Å². The quantitative estimate of drug-likeness (QED) is 0.374. The van der Waals surface area contributed by atoms with Crippen LogP contribution in [0, 0.1) is 11.6 Å². The maximum Gasteiger partial charge on any atom is 0.141 e. The Hall–Kier alpha value is -3.51. The Morgan fingerprint density at radius 1 is 0.897 bits per heavy atom. The third-order valence-corrected chi connectivity index (χ3v) is 4.92. The molecule has 0 spiro atoms. The van der Waals surface area contributed by atoms with E-state index in [2.05, 4.69) is 20.2 Å². The lowest BCUT2D eigenvalue weighted by Gasteiger charge is -2.00. The molecule has 0 bridgehead atoms. The number of aromatic amines is 2. The minimum absolute atomic E-state index is 0.292. The molecule has 0 amide bonds. The third-order valence-electron chi connectivity index (χ3n) is 4.68. The van der Waals surface area contributed by atoms with Gasteiger partial charge in [0.25, 0.3) is 0 Å². The zero-order valence-corrected chi connectivity index (χ0v) is 15.6. The van der Waals surface area contributed by atoms with Gasteiger partial charge in [0.15, 0.2) is 0 Å². The standard InChI is InChI=1S/C22H13ClF2N4/c23-13-4-8-19-21(9-13)27-22(26-19)15-10-16-18(28-29-20(16)11-17(15)25)7-3-12-1-5-14(24)6-2-12/h1-11H,(H,26,27)(H,28,29). The van der Waals surface area contributed by atoms with Crippen LogP contribution in [-0.4, -0.2) is 20.2 Å². The molecule has 0 saturated heterocycles. The molecule has 29 heavy (non-hydrogen) atoms. The van der Waals surface area contributed by atoms with Crippen LogP contribution in [0.5, 0.6) is 0 Å². The van der Waals surface area contributed by atoms with E-state index < -0.39 is 5.82 Å². The Bertz CT molecular complexity index is 1380. The number of halogens is 3. The summed E-state index contributed by atoms with van der Waals surface area (Å²) in [6, 6.07) is 14.5. The van der Waals surface area contributed by atoms with E-state index in [0.717, 1.165) is 16.5 Å². The van der Waals surface area contributed by atoms with Crippen LogP contribution in [-0.2, 0) is 0 Å². The average molecular weight is 407 g/mol. The first-order valence-corrected chi connectivity index (χ1v) is 9.21. The molecule has 0 saturated carbocycles. The summed E-state index contributed by atoms with van der Waals surface area (Å²) in [4.78, 5) is 7.58. The highest BCUT2D eigenvalue weighted by Gasteiger charge is 2.14. The van der Waals surface area contributed by atoms with E-state index in [1.165, 1.54) is 18.2 Å². The second kappa shape index (κ2) is 6.83. The van der Waals surface area contributed by atoms with Crippen molar-refractivity contribution in [1.82, 2.24) is 20.2 Å². The molecular weight excluding hydrogens is 394 g/mol. The topological polar surface area (TPSA) is 57.4 Å². The van der Waals surface area contributed by atoms with Crippen LogP contribution >= 0.6 is 11.6 Å². The molecule has 5 rings (SSSR count). The summed E-state index contributed by atoms with van der Waals surface area (Å²) in [7, 11) is 0. The number of hydrogen-bond acceptors (Lipinski definition) is 2. The van der Waals surface area contributed by atoms with E-state index in [4.69, 9.17) is 11.6 Å². The molecule has 4 nitrogen and oxygen atoms in total. The van der Waals surface area contributed by atoms with Crippen LogP contribution in [0.2, 0.25) is 5.02 Å². The molecule has 0 aliphatic carbocycles. The molecule has 5 aromatic rings. The summed E-state index contributed by atoms with van der Waals surface area (Å²) < 4.78 is 27.8. The van der Waals surface area contributed by atoms with Crippen molar-refractivity contribution < 1.29 is 8.78 Å². The molecule has 0 atom stereocenters. The number of H-pyrrole nitrogens is 2. The average Bonchev–Trinajstić information content (AvgIpc) is 3.30. The highest BCUT2D eigenvalue weighted by Crippen LogP contribution is 2.29. The van der Waals surface area contributed by atoms with E-state index in [-0.39, 0.29) is 5.82 Å². The number of nitrogens with one attached hydrogen (secondary N) is 2. The van der Waals surface area contributed by atoms with Crippen LogP contribution in [0.25, 0.3) is 45.5 Å². The van der Waals surface area contributed by atoms with Crippen molar-refractivity contribution in [3.8, 4) is 11.4 Å². The van der Waals surface area contributed by atoms with Crippen LogP contribution in [0.1, 0.15) is 11.3 Å². The van der Waals surface area contributed by atoms with Gasteiger partial charge in [-0.15, -0.1) is 0 Å². The normalized spacial score (nSPS) is 11.8. The smallest absolute Gasteiger partial charge is 0.141 e. The maximum absolute atomic E-state index is 14.7. The van der Waals surface area contributed by atoms with Crippen LogP contribution in [0.4, 0.5) is 8.78 Å². The summed E-state index contributed by atoms with van der Waals surface area (Å²) in [6.45, 7) is 0. The molecule has 2 N–H and O–H groups in total. The predicted octanol–water partition coefficient (Wildman–Crippen LogP) is 6.21. The monoisotopic (exact) mass is 406 g/mol. The summed E-state index contributed by atoms with van der Waals surface area (Å²) in [5.41, 5.74) is 3.82. The molecule has 142 valence electrons. The first-order valence-electron chi connectivity index (χ1n) is 8.84. The van der Waals surface area contributed by atoms with Gasteiger partial charge in [0, 0.05) is 16.5 Å². The number of aromatic nitrogens is 4.